The quantitative estimate of drug-likeness (QED) is 0.529. The summed E-state index contributed by atoms with van der Waals surface area (Å²) in [5, 5.41) is 7.37. The van der Waals surface area contributed by atoms with Crippen LogP contribution in [0.5, 0.6) is 0 Å². The normalized spacial score (nSPS) is 13.8. The first kappa shape index (κ1) is 17.4. The molecule has 0 aliphatic carbocycles. The predicted molar refractivity (Wildman–Crippen MR) is 105 cm³/mol. The van der Waals surface area contributed by atoms with Crippen LogP contribution >= 0.6 is 23.5 Å². The summed E-state index contributed by atoms with van der Waals surface area (Å²) in [7, 11) is 3.96. The van der Waals surface area contributed by atoms with Gasteiger partial charge in [0.15, 0.2) is 0 Å². The van der Waals surface area contributed by atoms with E-state index in [1.807, 2.05) is 26.2 Å². The number of fused-ring (bicyclic) bond motifs is 1. The molecular formula is C19H22ClN3S. The molecule has 0 bridgehead atoms. The molecule has 2 aromatic rings. The van der Waals surface area contributed by atoms with E-state index in [4.69, 9.17) is 11.6 Å². The lowest BCUT2D eigenvalue weighted by molar-refractivity contribution is 0.468. The van der Waals surface area contributed by atoms with Gasteiger partial charge in [-0.15, -0.1) is 0 Å². The third-order valence-corrected chi connectivity index (χ3v) is 5.39. The first-order chi connectivity index (χ1) is 11.7. The van der Waals surface area contributed by atoms with Crippen molar-refractivity contribution in [3.8, 4) is 0 Å². The molecule has 0 amide bonds. The Bertz CT molecular complexity index is 727. The van der Waals surface area contributed by atoms with E-state index in [-0.39, 0.29) is 6.17 Å². The lowest BCUT2D eigenvalue weighted by Crippen LogP contribution is -2.37. The van der Waals surface area contributed by atoms with Crippen molar-refractivity contribution >= 4 is 34.8 Å². The largest absolute Gasteiger partial charge is 0.325 e. The SMILES string of the molecule is CNC(CCC1=C(c2ccccc2)NSc2ccc(Cl)cc21)NC. The lowest BCUT2D eigenvalue weighted by atomic mass is 9.95. The topological polar surface area (TPSA) is 36.1 Å². The second-order valence-electron chi connectivity index (χ2n) is 5.73. The summed E-state index contributed by atoms with van der Waals surface area (Å²) in [6, 6.07) is 16.6. The van der Waals surface area contributed by atoms with E-state index in [9.17, 15) is 0 Å². The maximum absolute atomic E-state index is 6.28. The molecular weight excluding hydrogens is 338 g/mol. The smallest absolute Gasteiger partial charge is 0.0569 e. The predicted octanol–water partition coefficient (Wildman–Crippen LogP) is 4.36. The fraction of sp³-hybridized carbons (Fsp3) is 0.263. The number of rotatable bonds is 6. The Balaban J connectivity index is 2.03. The molecule has 1 heterocycles. The fourth-order valence-electron chi connectivity index (χ4n) is 2.95. The minimum absolute atomic E-state index is 0.284. The van der Waals surface area contributed by atoms with E-state index in [0.717, 1.165) is 17.9 Å². The average molecular weight is 360 g/mol. The van der Waals surface area contributed by atoms with Crippen LogP contribution in [0.3, 0.4) is 0 Å². The monoisotopic (exact) mass is 359 g/mol. The van der Waals surface area contributed by atoms with Gasteiger partial charge in [-0.1, -0.05) is 41.9 Å². The number of hydrogen-bond acceptors (Lipinski definition) is 4. The summed E-state index contributed by atoms with van der Waals surface area (Å²) in [5.74, 6) is 0. The van der Waals surface area contributed by atoms with Crippen molar-refractivity contribution in [3.05, 3.63) is 64.7 Å². The molecule has 0 unspecified atom stereocenters. The molecule has 0 saturated heterocycles. The molecule has 0 spiro atoms. The zero-order chi connectivity index (χ0) is 16.9. The third kappa shape index (κ3) is 3.78. The maximum Gasteiger partial charge on any atom is 0.0569 e. The van der Waals surface area contributed by atoms with Crippen LogP contribution in [0, 0.1) is 0 Å². The second kappa shape index (κ2) is 8.08. The standard InChI is InChI=1S/C19H22ClN3S/c1-21-18(22-2)11-9-15-16-12-14(20)8-10-17(16)24-23-19(15)13-6-4-3-5-7-13/h3-8,10,12,18,21-23H,9,11H2,1-2H3. The van der Waals surface area contributed by atoms with Crippen LogP contribution in [0.4, 0.5) is 0 Å². The Kier molecular flexibility index (Phi) is 5.85. The molecule has 126 valence electrons. The summed E-state index contributed by atoms with van der Waals surface area (Å²) < 4.78 is 3.53. The molecule has 3 N–H and O–H groups in total. The molecule has 3 nitrogen and oxygen atoms in total. The molecule has 0 saturated carbocycles. The fourth-order valence-corrected chi connectivity index (χ4v) is 4.00. The molecule has 2 aromatic carbocycles. The zero-order valence-corrected chi connectivity index (χ0v) is 15.5. The lowest BCUT2D eigenvalue weighted by Gasteiger charge is -2.26. The third-order valence-electron chi connectivity index (χ3n) is 4.27. The van der Waals surface area contributed by atoms with Crippen molar-refractivity contribution in [3.63, 3.8) is 0 Å². The summed E-state index contributed by atoms with van der Waals surface area (Å²) in [5.41, 5.74) is 4.93. The number of hydrogen-bond donors (Lipinski definition) is 3. The molecule has 5 heteroatoms. The summed E-state index contributed by atoms with van der Waals surface area (Å²) >= 11 is 7.93. The number of halogens is 1. The summed E-state index contributed by atoms with van der Waals surface area (Å²) in [6.45, 7) is 0. The Morgan fingerprint density at radius 2 is 1.83 bits per heavy atom. The number of benzene rings is 2. The maximum atomic E-state index is 6.28. The van der Waals surface area contributed by atoms with Gasteiger partial charge in [0.1, 0.15) is 0 Å². The second-order valence-corrected chi connectivity index (χ2v) is 7.02. The minimum Gasteiger partial charge on any atom is -0.325 e. The number of allylic oxidation sites excluding steroid dienone is 1. The average Bonchev–Trinajstić information content (AvgIpc) is 2.63. The van der Waals surface area contributed by atoms with Crippen molar-refractivity contribution in [2.24, 2.45) is 0 Å². The van der Waals surface area contributed by atoms with E-state index < -0.39 is 0 Å². The molecule has 24 heavy (non-hydrogen) atoms. The van der Waals surface area contributed by atoms with Gasteiger partial charge in [-0.25, -0.2) is 0 Å². The molecule has 0 fully saturated rings. The van der Waals surface area contributed by atoms with Gasteiger partial charge in [0.25, 0.3) is 0 Å². The van der Waals surface area contributed by atoms with Crippen LogP contribution < -0.4 is 15.4 Å². The van der Waals surface area contributed by atoms with Crippen molar-refractivity contribution in [1.29, 1.82) is 0 Å². The Hall–Kier alpha value is -1.46. The van der Waals surface area contributed by atoms with Gasteiger partial charge in [-0.2, -0.15) is 0 Å². The van der Waals surface area contributed by atoms with E-state index in [0.29, 0.717) is 0 Å². The van der Waals surface area contributed by atoms with E-state index >= 15 is 0 Å². The molecule has 1 aliphatic rings. The van der Waals surface area contributed by atoms with Crippen LogP contribution in [0.15, 0.2) is 53.4 Å². The van der Waals surface area contributed by atoms with Gasteiger partial charge in [-0.05, 0) is 73.8 Å². The van der Waals surface area contributed by atoms with Gasteiger partial charge in [-0.3, -0.25) is 0 Å². The molecule has 0 atom stereocenters. The highest BCUT2D eigenvalue weighted by Gasteiger charge is 2.21. The molecule has 0 radical (unpaired) electrons. The zero-order valence-electron chi connectivity index (χ0n) is 13.9. The Morgan fingerprint density at radius 1 is 1.08 bits per heavy atom. The Morgan fingerprint density at radius 3 is 2.54 bits per heavy atom. The van der Waals surface area contributed by atoms with Gasteiger partial charge in [0.05, 0.1) is 11.9 Å². The van der Waals surface area contributed by atoms with E-state index in [1.54, 1.807) is 11.9 Å². The number of nitrogens with one attached hydrogen (secondary N) is 3. The Labute approximate surface area is 153 Å². The van der Waals surface area contributed by atoms with Gasteiger partial charge >= 0.3 is 0 Å². The first-order valence-electron chi connectivity index (χ1n) is 8.09. The highest BCUT2D eigenvalue weighted by Crippen LogP contribution is 2.41. The molecule has 1 aliphatic heterocycles. The highest BCUT2D eigenvalue weighted by atomic mass is 35.5. The van der Waals surface area contributed by atoms with Crippen LogP contribution in [0.25, 0.3) is 11.3 Å². The van der Waals surface area contributed by atoms with Crippen molar-refractivity contribution in [2.75, 3.05) is 14.1 Å². The van der Waals surface area contributed by atoms with E-state index in [2.05, 4.69) is 51.8 Å². The van der Waals surface area contributed by atoms with Gasteiger partial charge in [0.2, 0.25) is 0 Å². The van der Waals surface area contributed by atoms with Crippen LogP contribution in [-0.2, 0) is 0 Å². The van der Waals surface area contributed by atoms with Crippen molar-refractivity contribution in [2.45, 2.75) is 23.9 Å². The van der Waals surface area contributed by atoms with Gasteiger partial charge in [0, 0.05) is 9.92 Å². The van der Waals surface area contributed by atoms with Crippen molar-refractivity contribution in [1.82, 2.24) is 15.4 Å². The highest BCUT2D eigenvalue weighted by molar-refractivity contribution is 7.98. The minimum atomic E-state index is 0.284. The van der Waals surface area contributed by atoms with Gasteiger partial charge < -0.3 is 15.4 Å². The first-order valence-corrected chi connectivity index (χ1v) is 9.28. The van der Waals surface area contributed by atoms with Crippen molar-refractivity contribution < 1.29 is 0 Å². The van der Waals surface area contributed by atoms with Crippen LogP contribution in [-0.4, -0.2) is 20.3 Å². The summed E-state index contributed by atoms with van der Waals surface area (Å²) in [6.07, 6.45) is 2.24. The molecule has 3 rings (SSSR count). The van der Waals surface area contributed by atoms with E-state index in [1.165, 1.54) is 27.3 Å². The molecule has 0 aromatic heterocycles. The van der Waals surface area contributed by atoms with Crippen LogP contribution in [0.2, 0.25) is 5.02 Å². The van der Waals surface area contributed by atoms with Crippen LogP contribution in [0.1, 0.15) is 24.0 Å². The summed E-state index contributed by atoms with van der Waals surface area (Å²) in [4.78, 5) is 1.22.